The summed E-state index contributed by atoms with van der Waals surface area (Å²) < 4.78 is 0. The van der Waals surface area contributed by atoms with Crippen LogP contribution in [0.25, 0.3) is 0 Å². The van der Waals surface area contributed by atoms with Gasteiger partial charge in [-0.15, -0.1) is 0 Å². The standard InChI is InChI=1S/C17H18N4O2S/c22-21(23)16-8-6-15(7-9-16)19-10-12-20(13-11-19)17(24)18-14-4-2-1-3-5-14/h1-9H,10-13H2,(H,18,24). The third-order valence-corrected chi connectivity index (χ3v) is 4.38. The fraction of sp³-hybridized carbons (Fsp3) is 0.235. The summed E-state index contributed by atoms with van der Waals surface area (Å²) in [5, 5.41) is 14.7. The van der Waals surface area contributed by atoms with Crippen LogP contribution < -0.4 is 10.2 Å². The average Bonchev–Trinajstić information content (AvgIpc) is 2.63. The second-order valence-corrected chi connectivity index (χ2v) is 5.93. The van der Waals surface area contributed by atoms with Gasteiger partial charge in [0.15, 0.2) is 5.11 Å². The molecule has 0 saturated carbocycles. The van der Waals surface area contributed by atoms with Crippen LogP contribution in [0.5, 0.6) is 0 Å². The quantitative estimate of drug-likeness (QED) is 0.525. The summed E-state index contributed by atoms with van der Waals surface area (Å²) in [4.78, 5) is 14.7. The van der Waals surface area contributed by atoms with Crippen molar-refractivity contribution in [3.63, 3.8) is 0 Å². The first-order valence-electron chi connectivity index (χ1n) is 7.74. The van der Waals surface area contributed by atoms with Crippen molar-refractivity contribution >= 4 is 34.4 Å². The van der Waals surface area contributed by atoms with Crippen molar-refractivity contribution in [2.75, 3.05) is 36.4 Å². The van der Waals surface area contributed by atoms with Gasteiger partial charge in [-0.25, -0.2) is 0 Å². The summed E-state index contributed by atoms with van der Waals surface area (Å²) >= 11 is 5.48. The molecule has 0 aliphatic carbocycles. The van der Waals surface area contributed by atoms with Crippen molar-refractivity contribution in [1.82, 2.24) is 4.90 Å². The van der Waals surface area contributed by atoms with E-state index in [1.54, 1.807) is 24.3 Å². The van der Waals surface area contributed by atoms with Gasteiger partial charge in [0.25, 0.3) is 5.69 Å². The second kappa shape index (κ2) is 7.27. The smallest absolute Gasteiger partial charge is 0.269 e. The molecule has 0 unspecified atom stereocenters. The van der Waals surface area contributed by atoms with Gasteiger partial charge in [0.2, 0.25) is 0 Å². The number of hydrogen-bond acceptors (Lipinski definition) is 4. The lowest BCUT2D eigenvalue weighted by atomic mass is 10.2. The number of rotatable bonds is 3. The number of non-ortho nitro benzene ring substituents is 1. The van der Waals surface area contributed by atoms with Crippen LogP contribution in [0.15, 0.2) is 54.6 Å². The van der Waals surface area contributed by atoms with Gasteiger partial charge < -0.3 is 15.1 Å². The molecule has 1 aliphatic heterocycles. The van der Waals surface area contributed by atoms with Crippen molar-refractivity contribution in [3.8, 4) is 0 Å². The highest BCUT2D eigenvalue weighted by Gasteiger charge is 2.19. The summed E-state index contributed by atoms with van der Waals surface area (Å²) in [6, 6.07) is 16.6. The van der Waals surface area contributed by atoms with E-state index in [1.807, 2.05) is 30.3 Å². The second-order valence-electron chi connectivity index (χ2n) is 5.54. The highest BCUT2D eigenvalue weighted by atomic mass is 32.1. The molecule has 0 aromatic heterocycles. The summed E-state index contributed by atoms with van der Waals surface area (Å²) in [5.74, 6) is 0. The number of nitrogens with one attached hydrogen (secondary N) is 1. The lowest BCUT2D eigenvalue weighted by Gasteiger charge is -2.37. The number of nitro benzene ring substituents is 1. The van der Waals surface area contributed by atoms with E-state index < -0.39 is 0 Å². The van der Waals surface area contributed by atoms with Crippen molar-refractivity contribution in [2.24, 2.45) is 0 Å². The molecular formula is C17H18N4O2S. The topological polar surface area (TPSA) is 61.7 Å². The molecule has 3 rings (SSSR count). The zero-order chi connectivity index (χ0) is 16.9. The summed E-state index contributed by atoms with van der Waals surface area (Å²) in [6.45, 7) is 3.29. The van der Waals surface area contributed by atoms with Crippen LogP contribution in [0.4, 0.5) is 17.1 Å². The molecule has 6 nitrogen and oxygen atoms in total. The summed E-state index contributed by atoms with van der Waals surface area (Å²) in [6.07, 6.45) is 0. The SMILES string of the molecule is O=[N+]([O-])c1ccc(N2CCN(C(=S)Nc3ccccc3)CC2)cc1. The first kappa shape index (κ1) is 16.2. The monoisotopic (exact) mass is 342 g/mol. The number of thiocarbonyl (C=S) groups is 1. The predicted molar refractivity (Wildman–Crippen MR) is 99.5 cm³/mol. The molecule has 0 bridgehead atoms. The van der Waals surface area contributed by atoms with Crippen LogP contribution in [0.2, 0.25) is 0 Å². The number of benzene rings is 2. The fourth-order valence-corrected chi connectivity index (χ4v) is 2.98. The Labute approximate surface area is 145 Å². The first-order chi connectivity index (χ1) is 11.6. The molecular weight excluding hydrogens is 324 g/mol. The Morgan fingerprint density at radius 2 is 1.62 bits per heavy atom. The molecule has 1 fully saturated rings. The maximum absolute atomic E-state index is 10.7. The van der Waals surface area contributed by atoms with Crippen LogP contribution >= 0.6 is 12.2 Å². The molecule has 1 N–H and O–H groups in total. The van der Waals surface area contributed by atoms with Crippen molar-refractivity contribution < 1.29 is 4.92 Å². The zero-order valence-electron chi connectivity index (χ0n) is 13.1. The Bertz CT molecular complexity index is 713. The highest BCUT2D eigenvalue weighted by molar-refractivity contribution is 7.80. The third-order valence-electron chi connectivity index (χ3n) is 4.02. The molecule has 2 aromatic carbocycles. The Morgan fingerprint density at radius 3 is 2.21 bits per heavy atom. The Morgan fingerprint density at radius 1 is 1.00 bits per heavy atom. The number of piperazine rings is 1. The minimum absolute atomic E-state index is 0.116. The van der Waals surface area contributed by atoms with E-state index in [1.165, 1.54) is 0 Å². The van der Waals surface area contributed by atoms with Crippen molar-refractivity contribution in [3.05, 3.63) is 64.7 Å². The van der Waals surface area contributed by atoms with Gasteiger partial charge >= 0.3 is 0 Å². The van der Waals surface area contributed by atoms with E-state index in [4.69, 9.17) is 12.2 Å². The Kier molecular flexibility index (Phi) is 4.90. The molecule has 1 heterocycles. The maximum Gasteiger partial charge on any atom is 0.269 e. The van der Waals surface area contributed by atoms with Gasteiger partial charge in [-0.1, -0.05) is 18.2 Å². The number of nitrogens with zero attached hydrogens (tertiary/aromatic N) is 3. The lowest BCUT2D eigenvalue weighted by molar-refractivity contribution is -0.384. The first-order valence-corrected chi connectivity index (χ1v) is 8.15. The minimum Gasteiger partial charge on any atom is -0.368 e. The van der Waals surface area contributed by atoms with Gasteiger partial charge in [-0.3, -0.25) is 10.1 Å². The largest absolute Gasteiger partial charge is 0.368 e. The molecule has 0 atom stereocenters. The number of nitro groups is 1. The van der Waals surface area contributed by atoms with Crippen molar-refractivity contribution in [1.29, 1.82) is 0 Å². The third kappa shape index (κ3) is 3.80. The number of para-hydroxylation sites is 1. The van der Waals surface area contributed by atoms with Crippen LogP contribution in [-0.2, 0) is 0 Å². The number of anilines is 2. The molecule has 1 saturated heterocycles. The normalized spacial score (nSPS) is 14.3. The zero-order valence-corrected chi connectivity index (χ0v) is 13.9. The van der Waals surface area contributed by atoms with Gasteiger partial charge in [0.1, 0.15) is 0 Å². The summed E-state index contributed by atoms with van der Waals surface area (Å²) in [7, 11) is 0. The van der Waals surface area contributed by atoms with Gasteiger partial charge in [-0.05, 0) is 36.5 Å². The molecule has 2 aromatic rings. The van der Waals surface area contributed by atoms with Crippen LogP contribution in [-0.4, -0.2) is 41.1 Å². The van der Waals surface area contributed by atoms with Gasteiger partial charge in [0.05, 0.1) is 4.92 Å². The summed E-state index contributed by atoms with van der Waals surface area (Å²) in [5.41, 5.74) is 2.10. The minimum atomic E-state index is -0.380. The van der Waals surface area contributed by atoms with E-state index >= 15 is 0 Å². The van der Waals surface area contributed by atoms with Crippen LogP contribution in [0, 0.1) is 10.1 Å². The van der Waals surface area contributed by atoms with Crippen LogP contribution in [0.3, 0.4) is 0 Å². The van der Waals surface area contributed by atoms with E-state index in [0.29, 0.717) is 0 Å². The Hall–Kier alpha value is -2.67. The molecule has 1 aliphatic rings. The molecule has 124 valence electrons. The lowest BCUT2D eigenvalue weighted by Crippen LogP contribution is -2.50. The van der Waals surface area contributed by atoms with Gasteiger partial charge in [-0.2, -0.15) is 0 Å². The molecule has 0 spiro atoms. The molecule has 0 amide bonds. The average molecular weight is 342 g/mol. The fourth-order valence-electron chi connectivity index (χ4n) is 2.68. The van der Waals surface area contributed by atoms with E-state index in [9.17, 15) is 10.1 Å². The van der Waals surface area contributed by atoms with E-state index in [2.05, 4.69) is 15.1 Å². The highest BCUT2D eigenvalue weighted by Crippen LogP contribution is 2.21. The molecule has 24 heavy (non-hydrogen) atoms. The molecule has 7 heteroatoms. The van der Waals surface area contributed by atoms with Crippen molar-refractivity contribution in [2.45, 2.75) is 0 Å². The Balaban J connectivity index is 1.55. The maximum atomic E-state index is 10.7. The van der Waals surface area contributed by atoms with E-state index in [-0.39, 0.29) is 10.6 Å². The van der Waals surface area contributed by atoms with E-state index in [0.717, 1.165) is 42.7 Å². The molecule has 0 radical (unpaired) electrons. The number of hydrogen-bond donors (Lipinski definition) is 1. The predicted octanol–water partition coefficient (Wildman–Crippen LogP) is 3.11. The van der Waals surface area contributed by atoms with Gasteiger partial charge in [0, 0.05) is 49.7 Å². The van der Waals surface area contributed by atoms with Crippen LogP contribution in [0.1, 0.15) is 0 Å².